The molecular formula is C14H15ClO4. The maximum atomic E-state index is 12.0. The van der Waals surface area contributed by atoms with Gasteiger partial charge in [0, 0.05) is 12.0 Å². The van der Waals surface area contributed by atoms with Crippen molar-refractivity contribution in [3.05, 3.63) is 24.3 Å². The van der Waals surface area contributed by atoms with Gasteiger partial charge in [0.05, 0.1) is 5.41 Å². The quantitative estimate of drug-likeness (QED) is 0.336. The van der Waals surface area contributed by atoms with E-state index in [-0.39, 0.29) is 11.9 Å². The van der Waals surface area contributed by atoms with Crippen LogP contribution in [0.2, 0.25) is 0 Å². The first-order valence-corrected chi connectivity index (χ1v) is 6.73. The van der Waals surface area contributed by atoms with E-state index in [1.54, 1.807) is 13.0 Å². The van der Waals surface area contributed by atoms with Gasteiger partial charge in [0.2, 0.25) is 0 Å². The van der Waals surface area contributed by atoms with Gasteiger partial charge < -0.3 is 9.47 Å². The highest BCUT2D eigenvalue weighted by Gasteiger charge is 2.72. The molecule has 4 aliphatic rings. The molecule has 4 nitrogen and oxygen atoms in total. The third kappa shape index (κ3) is 1.46. The van der Waals surface area contributed by atoms with Crippen LogP contribution in [0.1, 0.15) is 20.3 Å². The molecule has 0 aromatic rings. The van der Waals surface area contributed by atoms with Gasteiger partial charge >= 0.3 is 11.9 Å². The van der Waals surface area contributed by atoms with E-state index in [1.807, 2.05) is 19.1 Å². The van der Waals surface area contributed by atoms with Crippen LogP contribution >= 0.6 is 11.6 Å². The zero-order chi connectivity index (χ0) is 13.8. The van der Waals surface area contributed by atoms with E-state index in [0.717, 1.165) is 0 Å². The van der Waals surface area contributed by atoms with Crippen molar-refractivity contribution in [3.63, 3.8) is 0 Å². The van der Waals surface area contributed by atoms with Crippen LogP contribution in [0, 0.1) is 11.3 Å². The van der Waals surface area contributed by atoms with Crippen molar-refractivity contribution < 1.29 is 19.1 Å². The molecule has 19 heavy (non-hydrogen) atoms. The molecule has 1 saturated heterocycles. The second-order valence-electron chi connectivity index (χ2n) is 5.55. The largest absolute Gasteiger partial charge is 0.456 e. The molecule has 0 spiro atoms. The first kappa shape index (κ1) is 12.7. The SMILES string of the molecule is C/C=C/C(=O)O[C@H]1[C@@H]2C=C[C@]3(Cl)[C@H]1OC(=O)[C@]3(C)C2. The van der Waals surface area contributed by atoms with Crippen molar-refractivity contribution >= 4 is 23.5 Å². The van der Waals surface area contributed by atoms with Crippen LogP contribution in [-0.4, -0.2) is 29.0 Å². The zero-order valence-corrected chi connectivity index (χ0v) is 11.5. The summed E-state index contributed by atoms with van der Waals surface area (Å²) in [5.41, 5.74) is -0.720. The molecule has 2 fully saturated rings. The average Bonchev–Trinajstić information content (AvgIpc) is 2.49. The van der Waals surface area contributed by atoms with Crippen LogP contribution in [0.4, 0.5) is 0 Å². The first-order chi connectivity index (χ1) is 8.92. The number of carbonyl (C=O) groups is 2. The molecule has 4 bridgehead atoms. The zero-order valence-electron chi connectivity index (χ0n) is 10.8. The molecule has 4 rings (SSSR count). The number of esters is 2. The third-order valence-electron chi connectivity index (χ3n) is 4.45. The predicted octanol–water partition coefficient (Wildman–Crippen LogP) is 1.97. The Balaban J connectivity index is 1.94. The molecule has 5 atom stereocenters. The number of hydrogen-bond acceptors (Lipinski definition) is 4. The Morgan fingerprint density at radius 2 is 2.37 bits per heavy atom. The van der Waals surface area contributed by atoms with Crippen molar-refractivity contribution in [1.82, 2.24) is 0 Å². The minimum atomic E-state index is -0.903. The number of ether oxygens (including phenoxy) is 2. The van der Waals surface area contributed by atoms with E-state index in [9.17, 15) is 9.59 Å². The smallest absolute Gasteiger partial charge is 0.330 e. The van der Waals surface area contributed by atoms with E-state index in [1.165, 1.54) is 6.08 Å². The van der Waals surface area contributed by atoms with Crippen molar-refractivity contribution in [1.29, 1.82) is 0 Å². The summed E-state index contributed by atoms with van der Waals surface area (Å²) >= 11 is 6.61. The van der Waals surface area contributed by atoms with Crippen molar-refractivity contribution in [2.24, 2.45) is 11.3 Å². The Hall–Kier alpha value is -1.29. The maximum Gasteiger partial charge on any atom is 0.330 e. The lowest BCUT2D eigenvalue weighted by molar-refractivity contribution is -0.160. The molecule has 0 aromatic carbocycles. The first-order valence-electron chi connectivity index (χ1n) is 6.35. The van der Waals surface area contributed by atoms with Crippen LogP contribution in [0.15, 0.2) is 24.3 Å². The number of allylic oxidation sites excluding steroid dienone is 1. The molecular weight excluding hydrogens is 268 g/mol. The fourth-order valence-corrected chi connectivity index (χ4v) is 3.73. The molecule has 3 aliphatic carbocycles. The fraction of sp³-hybridized carbons (Fsp3) is 0.571. The van der Waals surface area contributed by atoms with Crippen LogP contribution in [0.3, 0.4) is 0 Å². The molecule has 1 aliphatic heterocycles. The maximum absolute atomic E-state index is 12.0. The number of carbonyl (C=O) groups excluding carboxylic acids is 2. The van der Waals surface area contributed by atoms with Gasteiger partial charge in [-0.05, 0) is 20.3 Å². The molecule has 1 saturated carbocycles. The summed E-state index contributed by atoms with van der Waals surface area (Å²) < 4.78 is 10.8. The Bertz CT molecular complexity index is 512. The van der Waals surface area contributed by atoms with Crippen molar-refractivity contribution in [2.75, 3.05) is 0 Å². The van der Waals surface area contributed by atoms with Gasteiger partial charge in [-0.25, -0.2) is 4.79 Å². The highest BCUT2D eigenvalue weighted by molar-refractivity contribution is 6.29. The minimum absolute atomic E-state index is 0.0173. The standard InChI is InChI=1S/C14H15ClO4/c1-3-4-9(16)18-10-8-5-6-14(15)11(10)19-12(17)13(14,2)7-8/h3-6,8,10-11H,7H2,1-2H3/b4-3+/t8-,10+,11+,13+,14+/m1/s1. The average molecular weight is 283 g/mol. The van der Waals surface area contributed by atoms with Gasteiger partial charge in [0.25, 0.3) is 0 Å². The van der Waals surface area contributed by atoms with Crippen LogP contribution in [0.25, 0.3) is 0 Å². The van der Waals surface area contributed by atoms with Crippen molar-refractivity contribution in [3.8, 4) is 0 Å². The highest BCUT2D eigenvalue weighted by atomic mass is 35.5. The number of hydrogen-bond donors (Lipinski definition) is 0. The molecule has 0 N–H and O–H groups in total. The van der Waals surface area contributed by atoms with E-state index in [0.29, 0.717) is 6.42 Å². The van der Waals surface area contributed by atoms with Gasteiger partial charge in [-0.2, -0.15) is 0 Å². The highest BCUT2D eigenvalue weighted by Crippen LogP contribution is 2.61. The molecule has 102 valence electrons. The summed E-state index contributed by atoms with van der Waals surface area (Å²) in [7, 11) is 0. The Kier molecular flexibility index (Phi) is 2.58. The summed E-state index contributed by atoms with van der Waals surface area (Å²) in [5.74, 6) is -0.749. The monoisotopic (exact) mass is 282 g/mol. The molecule has 0 aromatic heterocycles. The fourth-order valence-electron chi connectivity index (χ4n) is 3.34. The lowest BCUT2D eigenvalue weighted by atomic mass is 9.59. The van der Waals surface area contributed by atoms with E-state index >= 15 is 0 Å². The van der Waals surface area contributed by atoms with Crippen LogP contribution in [0.5, 0.6) is 0 Å². The minimum Gasteiger partial charge on any atom is -0.456 e. The van der Waals surface area contributed by atoms with Crippen LogP contribution < -0.4 is 0 Å². The topological polar surface area (TPSA) is 52.6 Å². The second kappa shape index (κ2) is 3.85. The summed E-state index contributed by atoms with van der Waals surface area (Å²) in [6.45, 7) is 3.56. The second-order valence-corrected chi connectivity index (χ2v) is 6.18. The normalized spacial score (nSPS) is 46.7. The summed E-state index contributed by atoms with van der Waals surface area (Å²) in [6, 6.07) is 0. The van der Waals surface area contributed by atoms with Gasteiger partial charge in [-0.3, -0.25) is 4.79 Å². The van der Waals surface area contributed by atoms with Gasteiger partial charge in [0.1, 0.15) is 11.0 Å². The third-order valence-corrected chi connectivity index (χ3v) is 5.21. The number of halogens is 1. The predicted molar refractivity (Wildman–Crippen MR) is 68.5 cm³/mol. The lowest BCUT2D eigenvalue weighted by Gasteiger charge is -2.49. The lowest BCUT2D eigenvalue weighted by Crippen LogP contribution is -2.60. The Labute approximate surface area is 116 Å². The summed E-state index contributed by atoms with van der Waals surface area (Å²) in [5, 5.41) is 0. The van der Waals surface area contributed by atoms with Gasteiger partial charge in [0.15, 0.2) is 6.10 Å². The van der Waals surface area contributed by atoms with E-state index < -0.39 is 28.5 Å². The molecule has 0 radical (unpaired) electrons. The van der Waals surface area contributed by atoms with Crippen molar-refractivity contribution in [2.45, 2.75) is 37.4 Å². The summed E-state index contributed by atoms with van der Waals surface area (Å²) in [4.78, 5) is 22.7. The van der Waals surface area contributed by atoms with E-state index in [4.69, 9.17) is 21.1 Å². The molecule has 0 amide bonds. The van der Waals surface area contributed by atoms with E-state index in [2.05, 4.69) is 0 Å². The Morgan fingerprint density at radius 3 is 3.05 bits per heavy atom. The van der Waals surface area contributed by atoms with Gasteiger partial charge in [-0.1, -0.05) is 18.2 Å². The molecule has 1 heterocycles. The molecule has 5 heteroatoms. The van der Waals surface area contributed by atoms with Crippen LogP contribution in [-0.2, 0) is 19.1 Å². The van der Waals surface area contributed by atoms with Gasteiger partial charge in [-0.15, -0.1) is 11.6 Å². The Morgan fingerprint density at radius 1 is 1.63 bits per heavy atom. The number of rotatable bonds is 2. The summed E-state index contributed by atoms with van der Waals surface area (Å²) in [6.07, 6.45) is 6.19. The number of alkyl halides is 1. The molecule has 0 unspecified atom stereocenters.